The summed E-state index contributed by atoms with van der Waals surface area (Å²) in [4.78, 5) is 12.0. The van der Waals surface area contributed by atoms with E-state index in [-0.39, 0.29) is 5.91 Å². The van der Waals surface area contributed by atoms with Crippen molar-refractivity contribution < 1.29 is 4.79 Å². The van der Waals surface area contributed by atoms with Crippen LogP contribution in [-0.2, 0) is 0 Å². The zero-order valence-corrected chi connectivity index (χ0v) is 12.7. The lowest BCUT2D eigenvalue weighted by Crippen LogP contribution is -2.26. The fraction of sp³-hybridized carbons (Fsp3) is 0.562. The molecule has 1 aliphatic rings. The lowest BCUT2D eigenvalue weighted by atomic mass is 9.97. The van der Waals surface area contributed by atoms with Gasteiger partial charge in [-0.25, -0.2) is 0 Å². The maximum Gasteiger partial charge on any atom is 0.271 e. The Morgan fingerprint density at radius 3 is 2.81 bits per heavy atom. The van der Waals surface area contributed by atoms with Gasteiger partial charge in [0.15, 0.2) is 5.69 Å². The molecule has 0 saturated carbocycles. The van der Waals surface area contributed by atoms with Gasteiger partial charge >= 0.3 is 0 Å². The summed E-state index contributed by atoms with van der Waals surface area (Å²) in [7, 11) is 0. The van der Waals surface area contributed by atoms with Gasteiger partial charge in [-0.1, -0.05) is 18.6 Å². The van der Waals surface area contributed by atoms with Crippen LogP contribution >= 0.6 is 0 Å². The number of amides is 1. The van der Waals surface area contributed by atoms with Gasteiger partial charge in [0.05, 0.1) is 0 Å². The highest BCUT2D eigenvalue weighted by atomic mass is 16.1. The van der Waals surface area contributed by atoms with E-state index in [0.717, 1.165) is 19.4 Å². The van der Waals surface area contributed by atoms with Crippen molar-refractivity contribution in [2.75, 3.05) is 18.4 Å². The highest BCUT2D eigenvalue weighted by molar-refractivity contribution is 5.92. The third-order valence-corrected chi connectivity index (χ3v) is 3.57. The molecule has 1 heterocycles. The van der Waals surface area contributed by atoms with E-state index in [4.69, 9.17) is 0 Å². The van der Waals surface area contributed by atoms with Gasteiger partial charge in [-0.15, -0.1) is 10.2 Å². The first-order valence-electron chi connectivity index (χ1n) is 7.83. The smallest absolute Gasteiger partial charge is 0.271 e. The lowest BCUT2D eigenvalue weighted by Gasteiger charge is -2.12. The third-order valence-electron chi connectivity index (χ3n) is 3.57. The molecule has 1 amide bonds. The summed E-state index contributed by atoms with van der Waals surface area (Å²) in [6.07, 6.45) is 9.20. The Hall–Kier alpha value is -1.91. The Kier molecular flexibility index (Phi) is 6.19. The van der Waals surface area contributed by atoms with E-state index in [2.05, 4.69) is 33.8 Å². The van der Waals surface area contributed by atoms with Gasteiger partial charge in [0.2, 0.25) is 0 Å². The Morgan fingerprint density at radius 1 is 1.24 bits per heavy atom. The predicted octanol–water partition coefficient (Wildman–Crippen LogP) is 2.92. The molecule has 0 radical (unpaired) electrons. The van der Waals surface area contributed by atoms with Crippen LogP contribution in [0.3, 0.4) is 0 Å². The van der Waals surface area contributed by atoms with Gasteiger partial charge in [0.1, 0.15) is 5.82 Å². The van der Waals surface area contributed by atoms with Crippen molar-refractivity contribution in [3.63, 3.8) is 0 Å². The largest absolute Gasteiger partial charge is 0.369 e. The molecule has 0 fully saturated rings. The summed E-state index contributed by atoms with van der Waals surface area (Å²) < 4.78 is 0. The molecule has 114 valence electrons. The molecule has 0 aliphatic heterocycles. The predicted molar refractivity (Wildman–Crippen MR) is 84.3 cm³/mol. The van der Waals surface area contributed by atoms with Crippen LogP contribution in [0.5, 0.6) is 0 Å². The molecule has 1 aliphatic carbocycles. The van der Waals surface area contributed by atoms with E-state index in [9.17, 15) is 4.79 Å². The number of hydrogen-bond donors (Lipinski definition) is 2. The number of hydrogen-bond acceptors (Lipinski definition) is 4. The molecule has 0 unspecified atom stereocenters. The topological polar surface area (TPSA) is 66.9 Å². The van der Waals surface area contributed by atoms with Crippen LogP contribution in [0.4, 0.5) is 5.82 Å². The SMILES string of the molecule is CCCNc1ccc(C(=O)NCCC2=CCCCC2)nn1. The van der Waals surface area contributed by atoms with Crippen molar-refractivity contribution in [1.29, 1.82) is 0 Å². The highest BCUT2D eigenvalue weighted by Crippen LogP contribution is 2.19. The standard InChI is InChI=1S/C16H24N4O/c1-2-11-17-15-9-8-14(19-20-15)16(21)18-12-10-13-6-4-3-5-7-13/h6,8-9H,2-5,7,10-12H2,1H3,(H,17,20)(H,18,21). The zero-order chi connectivity index (χ0) is 14.9. The molecule has 2 N–H and O–H groups in total. The average molecular weight is 288 g/mol. The van der Waals surface area contributed by atoms with Gasteiger partial charge in [-0.3, -0.25) is 4.79 Å². The molecule has 0 aromatic carbocycles. The van der Waals surface area contributed by atoms with E-state index in [0.29, 0.717) is 18.1 Å². The number of nitrogens with zero attached hydrogens (tertiary/aromatic N) is 2. The second kappa shape index (κ2) is 8.39. The number of nitrogens with one attached hydrogen (secondary N) is 2. The average Bonchev–Trinajstić information content (AvgIpc) is 2.54. The van der Waals surface area contributed by atoms with Crippen LogP contribution in [0.15, 0.2) is 23.8 Å². The zero-order valence-electron chi connectivity index (χ0n) is 12.7. The van der Waals surface area contributed by atoms with Crippen molar-refractivity contribution in [3.8, 4) is 0 Å². The van der Waals surface area contributed by atoms with E-state index >= 15 is 0 Å². The molecule has 0 bridgehead atoms. The van der Waals surface area contributed by atoms with E-state index < -0.39 is 0 Å². The van der Waals surface area contributed by atoms with Crippen LogP contribution in [0.25, 0.3) is 0 Å². The number of rotatable bonds is 7. The third kappa shape index (κ3) is 5.17. The molecule has 21 heavy (non-hydrogen) atoms. The Bertz CT molecular complexity index is 482. The molecule has 1 aromatic rings. The first-order valence-corrected chi connectivity index (χ1v) is 7.83. The second-order valence-electron chi connectivity index (χ2n) is 5.34. The fourth-order valence-corrected chi connectivity index (χ4v) is 2.36. The summed E-state index contributed by atoms with van der Waals surface area (Å²) >= 11 is 0. The highest BCUT2D eigenvalue weighted by Gasteiger charge is 2.09. The second-order valence-corrected chi connectivity index (χ2v) is 5.34. The minimum absolute atomic E-state index is 0.152. The molecule has 0 spiro atoms. The van der Waals surface area contributed by atoms with Crippen molar-refractivity contribution in [1.82, 2.24) is 15.5 Å². The van der Waals surface area contributed by atoms with Crippen LogP contribution < -0.4 is 10.6 Å². The van der Waals surface area contributed by atoms with E-state index in [1.807, 2.05) is 0 Å². The summed E-state index contributed by atoms with van der Waals surface area (Å²) in [5.74, 6) is 0.557. The van der Waals surface area contributed by atoms with Crippen molar-refractivity contribution >= 4 is 11.7 Å². The minimum Gasteiger partial charge on any atom is -0.369 e. The molecule has 2 rings (SSSR count). The molecular weight excluding hydrogens is 264 g/mol. The maximum atomic E-state index is 12.0. The first kappa shape index (κ1) is 15.5. The van der Waals surface area contributed by atoms with Gasteiger partial charge in [0.25, 0.3) is 5.91 Å². The summed E-state index contributed by atoms with van der Waals surface area (Å²) in [5.41, 5.74) is 1.83. The van der Waals surface area contributed by atoms with Gasteiger partial charge in [-0.05, 0) is 50.7 Å². The van der Waals surface area contributed by atoms with Crippen LogP contribution in [-0.4, -0.2) is 29.2 Å². The number of carbonyl (C=O) groups excluding carboxylic acids is 1. The number of allylic oxidation sites excluding steroid dienone is 1. The molecule has 5 heteroatoms. The Morgan fingerprint density at radius 2 is 2.14 bits per heavy atom. The van der Waals surface area contributed by atoms with E-state index in [1.54, 1.807) is 12.1 Å². The lowest BCUT2D eigenvalue weighted by molar-refractivity contribution is 0.0948. The molecule has 0 atom stereocenters. The van der Waals surface area contributed by atoms with E-state index in [1.165, 1.54) is 31.3 Å². The maximum absolute atomic E-state index is 12.0. The van der Waals surface area contributed by atoms with Crippen LogP contribution in [0, 0.1) is 0 Å². The van der Waals surface area contributed by atoms with Crippen LogP contribution in [0.2, 0.25) is 0 Å². The fourth-order valence-electron chi connectivity index (χ4n) is 2.36. The van der Waals surface area contributed by atoms with Gasteiger partial charge in [0, 0.05) is 13.1 Å². The summed E-state index contributed by atoms with van der Waals surface area (Å²) in [6.45, 7) is 3.61. The van der Waals surface area contributed by atoms with Gasteiger partial charge < -0.3 is 10.6 Å². The first-order chi connectivity index (χ1) is 10.3. The Balaban J connectivity index is 1.76. The number of aromatic nitrogens is 2. The van der Waals surface area contributed by atoms with Gasteiger partial charge in [-0.2, -0.15) is 0 Å². The van der Waals surface area contributed by atoms with Crippen molar-refractivity contribution in [3.05, 3.63) is 29.5 Å². The molecular formula is C16H24N4O. The molecule has 5 nitrogen and oxygen atoms in total. The monoisotopic (exact) mass is 288 g/mol. The normalized spacial score (nSPS) is 14.4. The Labute approximate surface area is 126 Å². The molecule has 1 aromatic heterocycles. The van der Waals surface area contributed by atoms with Crippen LogP contribution in [0.1, 0.15) is 55.9 Å². The minimum atomic E-state index is -0.152. The summed E-state index contributed by atoms with van der Waals surface area (Å²) in [5, 5.41) is 14.0. The number of anilines is 1. The molecule has 0 saturated heterocycles. The van der Waals surface area contributed by atoms with Crippen molar-refractivity contribution in [2.24, 2.45) is 0 Å². The van der Waals surface area contributed by atoms with Crippen molar-refractivity contribution in [2.45, 2.75) is 45.4 Å². The quantitative estimate of drug-likeness (QED) is 0.757. The summed E-state index contributed by atoms with van der Waals surface area (Å²) in [6, 6.07) is 3.50. The number of carbonyl (C=O) groups is 1.